The molecule has 0 atom stereocenters. The van der Waals surface area contributed by atoms with Gasteiger partial charge in [-0.2, -0.15) is 0 Å². The molecule has 0 spiro atoms. The van der Waals surface area contributed by atoms with Gasteiger partial charge in [-0.05, 0) is 77.4 Å². The van der Waals surface area contributed by atoms with E-state index in [1.165, 1.54) is 22.2 Å². The molecule has 0 bridgehead atoms. The van der Waals surface area contributed by atoms with Crippen LogP contribution in [-0.2, 0) is 24.9 Å². The molecule has 0 aliphatic carbocycles. The molecular weight excluding hydrogens is 809 g/mol. The van der Waals surface area contributed by atoms with Crippen LogP contribution < -0.4 is 4.57 Å². The molecule has 0 aliphatic heterocycles. The standard InChI is InChI=1S/C32H21N2O.C13H24O2.Ir/c1-20-17-26-24-13-8-16-33-32(24)35-31(26)27(18-20)29-19-25(21-9-4-3-5-10-21)30-23-12-7-6-11-22(23)14-15-28(30)34(29)2;1-5-10(6-2)12(14)9-13(15)11(7-3)8-4;/h3-17,19H,2H2,1H3;9-11,14H,5-8H2,1-4H3;/q-1;;/b;12-9-;. The first-order valence-corrected chi connectivity index (χ1v) is 17.7. The van der Waals surface area contributed by atoms with Gasteiger partial charge in [-0.1, -0.05) is 101 Å². The Morgan fingerprint density at radius 3 is 2.24 bits per heavy atom. The van der Waals surface area contributed by atoms with E-state index >= 15 is 0 Å². The minimum absolute atomic E-state index is 0. The molecular formula is C45H45IrN2O3-. The summed E-state index contributed by atoms with van der Waals surface area (Å²) in [4.78, 5) is 16.2. The SMILES string of the molecule is CCC(CC)C(=O)/C=C(\O)C(CC)CC.[CH2-][n+]1c(-c2[c-]c(C)cc3c2oc2ncccc23)cc(-c2ccccc2)c2c3ccccc3ccc21.[Ir]. The predicted octanol–water partition coefficient (Wildman–Crippen LogP) is 11.5. The summed E-state index contributed by atoms with van der Waals surface area (Å²) in [5.41, 5.74) is 7.65. The smallest absolute Gasteiger partial charge is 0.216 e. The van der Waals surface area contributed by atoms with Crippen LogP contribution in [0.1, 0.15) is 58.9 Å². The van der Waals surface area contributed by atoms with Gasteiger partial charge in [0.05, 0.1) is 11.3 Å². The minimum atomic E-state index is 0. The minimum Gasteiger partial charge on any atom is -0.512 e. The van der Waals surface area contributed by atoms with Gasteiger partial charge in [-0.3, -0.25) is 4.79 Å². The van der Waals surface area contributed by atoms with Gasteiger partial charge in [0.15, 0.2) is 5.78 Å². The molecule has 0 unspecified atom stereocenters. The van der Waals surface area contributed by atoms with Crippen molar-refractivity contribution in [3.8, 4) is 22.4 Å². The summed E-state index contributed by atoms with van der Waals surface area (Å²) in [5.74, 6) is 0.547. The molecule has 7 rings (SSSR count). The summed E-state index contributed by atoms with van der Waals surface area (Å²) in [6.45, 7) is 10.1. The van der Waals surface area contributed by atoms with Crippen LogP contribution in [0.2, 0.25) is 0 Å². The van der Waals surface area contributed by atoms with Crippen molar-refractivity contribution in [1.29, 1.82) is 0 Å². The second-order valence-corrected chi connectivity index (χ2v) is 12.9. The molecule has 51 heavy (non-hydrogen) atoms. The molecule has 263 valence electrons. The zero-order chi connectivity index (χ0) is 35.4. The van der Waals surface area contributed by atoms with E-state index in [2.05, 4.69) is 110 Å². The van der Waals surface area contributed by atoms with Crippen LogP contribution in [0.5, 0.6) is 0 Å². The summed E-state index contributed by atoms with van der Waals surface area (Å²) in [5, 5.41) is 15.4. The molecule has 0 saturated heterocycles. The monoisotopic (exact) mass is 854 g/mol. The fourth-order valence-electron chi connectivity index (χ4n) is 6.98. The Morgan fingerprint density at radius 1 is 0.863 bits per heavy atom. The van der Waals surface area contributed by atoms with Gasteiger partial charge < -0.3 is 14.1 Å². The number of aliphatic hydroxyl groups is 1. The number of hydrogen-bond acceptors (Lipinski definition) is 4. The van der Waals surface area contributed by atoms with Gasteiger partial charge >= 0.3 is 0 Å². The summed E-state index contributed by atoms with van der Waals surface area (Å²) in [6, 6.07) is 35.3. The van der Waals surface area contributed by atoms with E-state index in [9.17, 15) is 9.90 Å². The van der Waals surface area contributed by atoms with Crippen molar-refractivity contribution < 1.29 is 39.0 Å². The number of ketones is 1. The number of hydrogen-bond donors (Lipinski definition) is 1. The van der Waals surface area contributed by atoms with Crippen LogP contribution in [-0.4, -0.2) is 15.9 Å². The molecule has 3 heterocycles. The molecule has 4 aromatic carbocycles. The number of fused-ring (bicyclic) bond motifs is 6. The van der Waals surface area contributed by atoms with E-state index in [1.54, 1.807) is 6.20 Å². The van der Waals surface area contributed by atoms with Crippen LogP contribution in [0.4, 0.5) is 0 Å². The molecule has 5 nitrogen and oxygen atoms in total. The maximum absolute atomic E-state index is 11.7. The average molecular weight is 854 g/mol. The first kappa shape index (κ1) is 37.5. The van der Waals surface area contributed by atoms with Gasteiger partial charge in [-0.25, -0.2) is 4.98 Å². The van der Waals surface area contributed by atoms with Gasteiger partial charge in [0, 0.05) is 62.0 Å². The molecule has 0 aliphatic rings. The molecule has 1 radical (unpaired) electrons. The Morgan fingerprint density at radius 2 is 1.53 bits per heavy atom. The predicted molar refractivity (Wildman–Crippen MR) is 206 cm³/mol. The largest absolute Gasteiger partial charge is 0.512 e. The maximum atomic E-state index is 11.7. The number of pyridine rings is 2. The van der Waals surface area contributed by atoms with E-state index in [-0.39, 0.29) is 43.5 Å². The van der Waals surface area contributed by atoms with Crippen molar-refractivity contribution in [3.05, 3.63) is 128 Å². The Bertz CT molecular complexity index is 2330. The number of carbonyl (C=O) groups excluding carboxylic acids is 1. The number of carbonyl (C=O) groups is 1. The number of aromatic nitrogens is 2. The quantitative estimate of drug-likeness (QED) is 0.0516. The second kappa shape index (κ2) is 16.5. The maximum Gasteiger partial charge on any atom is 0.216 e. The summed E-state index contributed by atoms with van der Waals surface area (Å²) < 4.78 is 8.31. The third-order valence-electron chi connectivity index (χ3n) is 9.88. The van der Waals surface area contributed by atoms with E-state index in [0.29, 0.717) is 5.71 Å². The summed E-state index contributed by atoms with van der Waals surface area (Å²) in [6.07, 6.45) is 6.67. The molecule has 7 aromatic rings. The Labute approximate surface area is 314 Å². The number of allylic oxidation sites excluding steroid dienone is 2. The van der Waals surface area contributed by atoms with Gasteiger partial charge in [0.1, 0.15) is 11.2 Å². The number of furan rings is 1. The van der Waals surface area contributed by atoms with Gasteiger partial charge in [0.25, 0.3) is 0 Å². The summed E-state index contributed by atoms with van der Waals surface area (Å²) >= 11 is 0. The van der Waals surface area contributed by atoms with Crippen LogP contribution in [0.15, 0.2) is 113 Å². The Hall–Kier alpha value is -4.77. The van der Waals surface area contributed by atoms with E-state index in [4.69, 9.17) is 4.42 Å². The van der Waals surface area contributed by atoms with Crippen LogP contribution in [0, 0.1) is 31.9 Å². The molecule has 0 amide bonds. The first-order valence-electron chi connectivity index (χ1n) is 17.7. The van der Waals surface area contributed by atoms with Crippen molar-refractivity contribution >= 4 is 49.5 Å². The summed E-state index contributed by atoms with van der Waals surface area (Å²) in [7, 11) is 4.50. The molecule has 0 fully saturated rings. The Kier molecular flexibility index (Phi) is 12.1. The molecule has 1 N–H and O–H groups in total. The Balaban J connectivity index is 0.000000271. The van der Waals surface area contributed by atoms with Crippen LogP contribution >= 0.6 is 0 Å². The topological polar surface area (TPSA) is 67.2 Å². The number of rotatable bonds is 9. The van der Waals surface area contributed by atoms with Crippen molar-refractivity contribution in [1.82, 2.24) is 4.98 Å². The van der Waals surface area contributed by atoms with E-state index in [0.717, 1.165) is 75.5 Å². The van der Waals surface area contributed by atoms with Crippen molar-refractivity contribution in [2.24, 2.45) is 11.8 Å². The van der Waals surface area contributed by atoms with E-state index in [1.807, 2.05) is 38.3 Å². The molecule has 6 heteroatoms. The number of benzene rings is 4. The van der Waals surface area contributed by atoms with Crippen molar-refractivity contribution in [3.63, 3.8) is 0 Å². The van der Waals surface area contributed by atoms with E-state index < -0.39 is 0 Å². The average Bonchev–Trinajstić information content (AvgIpc) is 3.51. The van der Waals surface area contributed by atoms with Crippen LogP contribution in [0.25, 0.3) is 66.1 Å². The zero-order valence-corrected chi connectivity index (χ0v) is 32.4. The van der Waals surface area contributed by atoms with Crippen LogP contribution in [0.3, 0.4) is 0 Å². The third kappa shape index (κ3) is 7.49. The molecule has 3 aromatic heterocycles. The first-order chi connectivity index (χ1) is 24.3. The second-order valence-electron chi connectivity index (χ2n) is 12.9. The van der Waals surface area contributed by atoms with Gasteiger partial charge in [0.2, 0.25) is 5.71 Å². The normalized spacial score (nSPS) is 11.7. The molecule has 0 saturated carbocycles. The fraction of sp³-hybridized carbons (Fsp3) is 0.244. The number of nitrogens with zero attached hydrogens (tertiary/aromatic N) is 2. The van der Waals surface area contributed by atoms with Gasteiger partial charge in [-0.15, -0.1) is 17.7 Å². The number of aliphatic hydroxyl groups excluding tert-OH is 1. The third-order valence-corrected chi connectivity index (χ3v) is 9.88. The van der Waals surface area contributed by atoms with Crippen molar-refractivity contribution in [2.45, 2.75) is 60.3 Å². The zero-order valence-electron chi connectivity index (χ0n) is 30.0. The number of aryl methyl sites for hydroxylation is 1. The fourth-order valence-corrected chi connectivity index (χ4v) is 6.98. The van der Waals surface area contributed by atoms with Crippen molar-refractivity contribution in [2.75, 3.05) is 0 Å².